The molecule has 0 bridgehead atoms. The molecule has 0 atom stereocenters. The Morgan fingerprint density at radius 3 is 2.33 bits per heavy atom. The predicted molar refractivity (Wildman–Crippen MR) is 81.3 cm³/mol. The summed E-state index contributed by atoms with van der Waals surface area (Å²) in [6.45, 7) is 0. The van der Waals surface area contributed by atoms with Gasteiger partial charge in [-0.2, -0.15) is 0 Å². The molecule has 0 saturated heterocycles. The molecule has 1 saturated carbocycles. The zero-order valence-corrected chi connectivity index (χ0v) is 12.9. The molecule has 1 fully saturated rings. The Balaban J connectivity index is 2.28. The largest absolute Gasteiger partial charge is 0.377 e. The Hall–Kier alpha value is -1.63. The van der Waals surface area contributed by atoms with Crippen molar-refractivity contribution < 1.29 is 13.3 Å². The number of rotatable bonds is 4. The van der Waals surface area contributed by atoms with Crippen LogP contribution in [-0.2, 0) is 9.84 Å². The number of nitrogens with zero attached hydrogens (tertiary/aromatic N) is 1. The molecule has 0 unspecified atom stereocenters. The maximum Gasteiger partial charge on any atom is 0.293 e. The average molecular weight is 312 g/mol. The highest BCUT2D eigenvalue weighted by Gasteiger charge is 2.21. The van der Waals surface area contributed by atoms with E-state index in [-0.39, 0.29) is 16.6 Å². The number of hydrogen-bond acceptors (Lipinski definition) is 5. The third kappa shape index (κ3) is 4.17. The summed E-state index contributed by atoms with van der Waals surface area (Å²) >= 11 is 0. The van der Waals surface area contributed by atoms with Crippen LogP contribution in [-0.4, -0.2) is 25.6 Å². The lowest BCUT2D eigenvalue weighted by Gasteiger charge is -2.17. The van der Waals surface area contributed by atoms with Crippen molar-refractivity contribution in [2.75, 3.05) is 11.6 Å². The van der Waals surface area contributed by atoms with Crippen LogP contribution in [0.15, 0.2) is 23.1 Å². The normalized spacial score (nSPS) is 17.2. The van der Waals surface area contributed by atoms with Crippen LogP contribution in [0, 0.1) is 10.1 Å². The average Bonchev–Trinajstić information content (AvgIpc) is 2.66. The van der Waals surface area contributed by atoms with E-state index in [4.69, 9.17) is 0 Å². The molecule has 0 heterocycles. The van der Waals surface area contributed by atoms with E-state index in [0.29, 0.717) is 5.69 Å². The Morgan fingerprint density at radius 2 is 1.81 bits per heavy atom. The van der Waals surface area contributed by atoms with E-state index in [2.05, 4.69) is 5.32 Å². The monoisotopic (exact) mass is 312 g/mol. The van der Waals surface area contributed by atoms with Crippen LogP contribution in [0.5, 0.6) is 0 Å². The van der Waals surface area contributed by atoms with E-state index in [0.717, 1.165) is 38.0 Å². The maximum atomic E-state index is 11.5. The number of hydrogen-bond donors (Lipinski definition) is 1. The minimum absolute atomic E-state index is 0.0272. The zero-order chi connectivity index (χ0) is 15.5. The minimum Gasteiger partial charge on any atom is -0.377 e. The Kier molecular flexibility index (Phi) is 4.82. The number of nitro benzene ring substituents is 1. The van der Waals surface area contributed by atoms with Gasteiger partial charge in [0.25, 0.3) is 5.69 Å². The second kappa shape index (κ2) is 6.43. The van der Waals surface area contributed by atoms with E-state index >= 15 is 0 Å². The van der Waals surface area contributed by atoms with E-state index in [9.17, 15) is 18.5 Å². The fourth-order valence-corrected chi connectivity index (χ4v) is 3.30. The van der Waals surface area contributed by atoms with Crippen LogP contribution >= 0.6 is 0 Å². The first-order chi connectivity index (χ1) is 9.88. The topological polar surface area (TPSA) is 89.3 Å². The van der Waals surface area contributed by atoms with Crippen molar-refractivity contribution >= 4 is 21.2 Å². The lowest BCUT2D eigenvalue weighted by molar-refractivity contribution is -0.384. The molecule has 0 amide bonds. The Morgan fingerprint density at radius 1 is 1.19 bits per heavy atom. The first kappa shape index (κ1) is 15.8. The molecule has 7 heteroatoms. The van der Waals surface area contributed by atoms with Gasteiger partial charge in [0.1, 0.15) is 5.69 Å². The highest BCUT2D eigenvalue weighted by molar-refractivity contribution is 7.90. The van der Waals surface area contributed by atoms with Gasteiger partial charge in [-0.1, -0.05) is 25.7 Å². The molecule has 116 valence electrons. The van der Waals surface area contributed by atoms with Gasteiger partial charge in [0.15, 0.2) is 9.84 Å². The second-order valence-electron chi connectivity index (χ2n) is 5.54. The molecule has 1 aliphatic carbocycles. The van der Waals surface area contributed by atoms with Crippen molar-refractivity contribution in [3.8, 4) is 0 Å². The summed E-state index contributed by atoms with van der Waals surface area (Å²) in [6, 6.07) is 4.27. The molecule has 0 aromatic heterocycles. The smallest absolute Gasteiger partial charge is 0.293 e. The van der Waals surface area contributed by atoms with E-state index < -0.39 is 14.8 Å². The molecule has 1 N–H and O–H groups in total. The summed E-state index contributed by atoms with van der Waals surface area (Å²) in [7, 11) is -3.45. The van der Waals surface area contributed by atoms with Crippen molar-refractivity contribution in [1.82, 2.24) is 0 Å². The third-order valence-electron chi connectivity index (χ3n) is 3.81. The van der Waals surface area contributed by atoms with Crippen LogP contribution < -0.4 is 5.32 Å². The molecule has 2 rings (SSSR count). The van der Waals surface area contributed by atoms with Gasteiger partial charge < -0.3 is 5.32 Å². The van der Waals surface area contributed by atoms with Gasteiger partial charge in [-0.25, -0.2) is 8.42 Å². The van der Waals surface area contributed by atoms with Crippen molar-refractivity contribution in [1.29, 1.82) is 0 Å². The van der Waals surface area contributed by atoms with Crippen LogP contribution in [0.25, 0.3) is 0 Å². The molecular formula is C14H20N2O4S. The predicted octanol–water partition coefficient (Wildman–Crippen LogP) is 3.13. The summed E-state index contributed by atoms with van der Waals surface area (Å²) in [5.74, 6) is 0. The van der Waals surface area contributed by atoms with Crippen LogP contribution in [0.3, 0.4) is 0 Å². The number of anilines is 1. The van der Waals surface area contributed by atoms with E-state index in [1.165, 1.54) is 25.0 Å². The van der Waals surface area contributed by atoms with Gasteiger partial charge in [0.2, 0.25) is 0 Å². The summed E-state index contributed by atoms with van der Waals surface area (Å²) < 4.78 is 23.0. The minimum atomic E-state index is -3.45. The van der Waals surface area contributed by atoms with Gasteiger partial charge in [0.05, 0.1) is 9.82 Å². The lowest BCUT2D eigenvalue weighted by Crippen LogP contribution is -2.19. The summed E-state index contributed by atoms with van der Waals surface area (Å²) in [4.78, 5) is 10.6. The number of benzene rings is 1. The SMILES string of the molecule is CS(=O)(=O)c1ccc(NC2CCCCCC2)c([N+](=O)[O-])c1. The van der Waals surface area contributed by atoms with Crippen molar-refractivity contribution in [2.45, 2.75) is 49.5 Å². The van der Waals surface area contributed by atoms with Gasteiger partial charge >= 0.3 is 0 Å². The fourth-order valence-electron chi connectivity index (χ4n) is 2.66. The standard InChI is InChI=1S/C14H20N2O4S/c1-21(19,20)12-8-9-13(14(10-12)16(17)18)15-11-6-4-2-3-5-7-11/h8-11,15H,2-7H2,1H3. The van der Waals surface area contributed by atoms with Crippen LogP contribution in [0.4, 0.5) is 11.4 Å². The third-order valence-corrected chi connectivity index (χ3v) is 4.92. The fraction of sp³-hybridized carbons (Fsp3) is 0.571. The zero-order valence-electron chi connectivity index (χ0n) is 12.0. The van der Waals surface area contributed by atoms with Crippen molar-refractivity contribution in [3.05, 3.63) is 28.3 Å². The van der Waals surface area contributed by atoms with Gasteiger partial charge in [-0.15, -0.1) is 0 Å². The van der Waals surface area contributed by atoms with E-state index in [1.54, 1.807) is 0 Å². The molecule has 1 aromatic carbocycles. The highest BCUT2D eigenvalue weighted by Crippen LogP contribution is 2.30. The Bertz CT molecular complexity index is 620. The quantitative estimate of drug-likeness (QED) is 0.524. The molecule has 6 nitrogen and oxygen atoms in total. The number of sulfone groups is 1. The van der Waals surface area contributed by atoms with Crippen molar-refractivity contribution in [3.63, 3.8) is 0 Å². The first-order valence-corrected chi connectivity index (χ1v) is 9.02. The van der Waals surface area contributed by atoms with E-state index in [1.807, 2.05) is 0 Å². The molecular weight excluding hydrogens is 292 g/mol. The summed E-state index contributed by atoms with van der Waals surface area (Å²) in [5.41, 5.74) is 0.224. The molecule has 21 heavy (non-hydrogen) atoms. The second-order valence-corrected chi connectivity index (χ2v) is 7.56. The molecule has 1 aliphatic rings. The molecule has 0 spiro atoms. The Labute approximate surface area is 124 Å². The molecule has 0 aliphatic heterocycles. The summed E-state index contributed by atoms with van der Waals surface area (Å²) in [5, 5.41) is 14.4. The number of nitro groups is 1. The number of nitrogens with one attached hydrogen (secondary N) is 1. The molecule has 1 aromatic rings. The maximum absolute atomic E-state index is 11.5. The lowest BCUT2D eigenvalue weighted by atomic mass is 10.1. The van der Waals surface area contributed by atoms with Gasteiger partial charge in [0, 0.05) is 18.4 Å². The van der Waals surface area contributed by atoms with Crippen LogP contribution in [0.2, 0.25) is 0 Å². The first-order valence-electron chi connectivity index (χ1n) is 7.13. The summed E-state index contributed by atoms with van der Waals surface area (Å²) in [6.07, 6.45) is 7.67. The van der Waals surface area contributed by atoms with Gasteiger partial charge in [-0.3, -0.25) is 10.1 Å². The molecule has 0 radical (unpaired) electrons. The highest BCUT2D eigenvalue weighted by atomic mass is 32.2. The van der Waals surface area contributed by atoms with Crippen LogP contribution in [0.1, 0.15) is 38.5 Å². The van der Waals surface area contributed by atoms with Gasteiger partial charge in [-0.05, 0) is 25.0 Å². The van der Waals surface area contributed by atoms with Crippen molar-refractivity contribution in [2.24, 2.45) is 0 Å².